The minimum atomic E-state index is 0.382. The van der Waals surface area contributed by atoms with Crippen LogP contribution in [0.1, 0.15) is 10.5 Å². The molecule has 0 saturated carbocycles. The van der Waals surface area contributed by atoms with Crippen molar-refractivity contribution < 1.29 is 4.79 Å². The SMILES string of the molecule is O=Cc1nc2ccccc2nc1Sc1ccccc1. The van der Waals surface area contributed by atoms with E-state index in [1.807, 2.05) is 54.6 Å². The highest BCUT2D eigenvalue weighted by Crippen LogP contribution is 2.28. The van der Waals surface area contributed by atoms with Gasteiger partial charge in [0.05, 0.1) is 11.0 Å². The number of carbonyl (C=O) groups is 1. The summed E-state index contributed by atoms with van der Waals surface area (Å²) in [6.45, 7) is 0. The number of aldehydes is 1. The zero-order valence-electron chi connectivity index (χ0n) is 9.98. The van der Waals surface area contributed by atoms with Gasteiger partial charge < -0.3 is 0 Å². The van der Waals surface area contributed by atoms with Crippen LogP contribution in [0.2, 0.25) is 0 Å². The van der Waals surface area contributed by atoms with E-state index in [0.29, 0.717) is 10.7 Å². The first-order valence-corrected chi connectivity index (χ1v) is 6.63. The first-order chi connectivity index (χ1) is 9.36. The minimum absolute atomic E-state index is 0.382. The van der Waals surface area contributed by atoms with Gasteiger partial charge in [0.2, 0.25) is 0 Å². The molecule has 0 amide bonds. The van der Waals surface area contributed by atoms with Crippen molar-refractivity contribution in [1.82, 2.24) is 9.97 Å². The van der Waals surface area contributed by atoms with Crippen LogP contribution in [0.5, 0.6) is 0 Å². The van der Waals surface area contributed by atoms with Crippen molar-refractivity contribution in [2.24, 2.45) is 0 Å². The summed E-state index contributed by atoms with van der Waals surface area (Å²) >= 11 is 1.45. The molecule has 0 radical (unpaired) electrons. The molecule has 0 atom stereocenters. The van der Waals surface area contributed by atoms with E-state index < -0.39 is 0 Å². The molecule has 0 spiro atoms. The zero-order valence-corrected chi connectivity index (χ0v) is 10.8. The van der Waals surface area contributed by atoms with E-state index in [2.05, 4.69) is 9.97 Å². The molecule has 1 aromatic heterocycles. The molecule has 0 fully saturated rings. The van der Waals surface area contributed by atoms with Crippen LogP contribution in [-0.2, 0) is 0 Å². The Balaban J connectivity index is 2.09. The molecule has 3 aromatic rings. The number of fused-ring (bicyclic) bond motifs is 1. The molecule has 0 aliphatic heterocycles. The maximum atomic E-state index is 11.1. The maximum Gasteiger partial charge on any atom is 0.171 e. The van der Waals surface area contributed by atoms with Gasteiger partial charge in [-0.2, -0.15) is 0 Å². The van der Waals surface area contributed by atoms with Gasteiger partial charge in [-0.1, -0.05) is 42.1 Å². The topological polar surface area (TPSA) is 42.9 Å². The molecule has 2 aromatic carbocycles. The third kappa shape index (κ3) is 2.48. The molecular weight excluding hydrogens is 256 g/mol. The second-order valence-electron chi connectivity index (χ2n) is 3.94. The predicted molar refractivity (Wildman–Crippen MR) is 75.5 cm³/mol. The normalized spacial score (nSPS) is 10.5. The van der Waals surface area contributed by atoms with Crippen LogP contribution in [0.15, 0.2) is 64.5 Å². The summed E-state index contributed by atoms with van der Waals surface area (Å²) in [5.74, 6) is 0. The Bertz CT molecular complexity index is 729. The fourth-order valence-electron chi connectivity index (χ4n) is 1.75. The lowest BCUT2D eigenvalue weighted by atomic mass is 10.3. The summed E-state index contributed by atoms with van der Waals surface area (Å²) in [6, 6.07) is 17.4. The first-order valence-electron chi connectivity index (χ1n) is 5.82. The van der Waals surface area contributed by atoms with Crippen LogP contribution in [-0.4, -0.2) is 16.3 Å². The highest BCUT2D eigenvalue weighted by molar-refractivity contribution is 7.99. The summed E-state index contributed by atoms with van der Waals surface area (Å²) in [6.07, 6.45) is 0.755. The molecule has 3 nitrogen and oxygen atoms in total. The Labute approximate surface area is 114 Å². The number of nitrogens with zero attached hydrogens (tertiary/aromatic N) is 2. The Hall–Kier alpha value is -2.20. The van der Waals surface area contributed by atoms with Gasteiger partial charge in [0.25, 0.3) is 0 Å². The first kappa shape index (κ1) is 11.9. The predicted octanol–water partition coefficient (Wildman–Crippen LogP) is 3.59. The zero-order chi connectivity index (χ0) is 13.1. The van der Waals surface area contributed by atoms with Crippen molar-refractivity contribution in [3.8, 4) is 0 Å². The number of hydrogen-bond donors (Lipinski definition) is 0. The fraction of sp³-hybridized carbons (Fsp3) is 0. The molecule has 1 heterocycles. The highest BCUT2D eigenvalue weighted by atomic mass is 32.2. The van der Waals surface area contributed by atoms with Crippen molar-refractivity contribution in [2.75, 3.05) is 0 Å². The largest absolute Gasteiger partial charge is 0.296 e. The molecular formula is C15H10N2OS. The lowest BCUT2D eigenvalue weighted by Crippen LogP contribution is -1.96. The highest BCUT2D eigenvalue weighted by Gasteiger charge is 2.09. The van der Waals surface area contributed by atoms with E-state index in [0.717, 1.165) is 22.2 Å². The van der Waals surface area contributed by atoms with Crippen molar-refractivity contribution in [1.29, 1.82) is 0 Å². The quantitative estimate of drug-likeness (QED) is 0.679. The average molecular weight is 266 g/mol. The van der Waals surface area contributed by atoms with Gasteiger partial charge in [0, 0.05) is 4.90 Å². The van der Waals surface area contributed by atoms with Crippen LogP contribution >= 0.6 is 11.8 Å². The molecule has 0 N–H and O–H groups in total. The Morgan fingerprint density at radius 1 is 0.842 bits per heavy atom. The average Bonchev–Trinajstić information content (AvgIpc) is 2.47. The molecule has 0 aliphatic carbocycles. The maximum absolute atomic E-state index is 11.1. The third-order valence-corrected chi connectivity index (χ3v) is 3.63. The lowest BCUT2D eigenvalue weighted by Gasteiger charge is -2.05. The van der Waals surface area contributed by atoms with Crippen molar-refractivity contribution in [3.63, 3.8) is 0 Å². The summed E-state index contributed by atoms with van der Waals surface area (Å²) in [7, 11) is 0. The van der Waals surface area contributed by atoms with Gasteiger partial charge in [-0.25, -0.2) is 9.97 Å². The van der Waals surface area contributed by atoms with E-state index in [4.69, 9.17) is 0 Å². The molecule has 4 heteroatoms. The number of hydrogen-bond acceptors (Lipinski definition) is 4. The van der Waals surface area contributed by atoms with Gasteiger partial charge in [-0.15, -0.1) is 0 Å². The summed E-state index contributed by atoms with van der Waals surface area (Å²) in [4.78, 5) is 21.0. The molecule has 92 valence electrons. The van der Waals surface area contributed by atoms with Crippen LogP contribution in [0, 0.1) is 0 Å². The number of carbonyl (C=O) groups excluding carboxylic acids is 1. The van der Waals surface area contributed by atoms with Crippen LogP contribution in [0.4, 0.5) is 0 Å². The second-order valence-corrected chi connectivity index (χ2v) is 5.00. The van der Waals surface area contributed by atoms with E-state index in [1.54, 1.807) is 0 Å². The van der Waals surface area contributed by atoms with Crippen molar-refractivity contribution in [3.05, 3.63) is 60.3 Å². The van der Waals surface area contributed by atoms with Gasteiger partial charge in [-0.05, 0) is 24.3 Å². The number of para-hydroxylation sites is 2. The monoisotopic (exact) mass is 266 g/mol. The molecule has 0 bridgehead atoms. The Morgan fingerprint density at radius 3 is 2.16 bits per heavy atom. The smallest absolute Gasteiger partial charge is 0.171 e. The third-order valence-electron chi connectivity index (χ3n) is 2.63. The molecule has 3 rings (SSSR count). The van der Waals surface area contributed by atoms with E-state index in [1.165, 1.54) is 11.8 Å². The van der Waals surface area contributed by atoms with Crippen molar-refractivity contribution in [2.45, 2.75) is 9.92 Å². The van der Waals surface area contributed by atoms with Gasteiger partial charge >= 0.3 is 0 Å². The van der Waals surface area contributed by atoms with E-state index in [-0.39, 0.29) is 0 Å². The summed E-state index contributed by atoms with van der Waals surface area (Å²) in [5, 5.41) is 0.639. The van der Waals surface area contributed by atoms with Gasteiger partial charge in [-0.3, -0.25) is 4.79 Å². The molecule has 0 saturated heterocycles. The van der Waals surface area contributed by atoms with Crippen molar-refractivity contribution >= 4 is 29.1 Å². The van der Waals surface area contributed by atoms with Crippen LogP contribution < -0.4 is 0 Å². The summed E-state index contributed by atoms with van der Waals surface area (Å²) < 4.78 is 0. The minimum Gasteiger partial charge on any atom is -0.296 e. The van der Waals surface area contributed by atoms with Crippen LogP contribution in [0.3, 0.4) is 0 Å². The second kappa shape index (κ2) is 5.20. The Morgan fingerprint density at radius 2 is 1.47 bits per heavy atom. The van der Waals surface area contributed by atoms with Gasteiger partial charge in [0.15, 0.2) is 6.29 Å². The standard InChI is InChI=1S/C15H10N2OS/c18-10-14-15(19-11-6-2-1-3-7-11)17-13-9-5-4-8-12(13)16-14/h1-10H. The van der Waals surface area contributed by atoms with Gasteiger partial charge in [0.1, 0.15) is 10.7 Å². The molecule has 0 aliphatic rings. The molecule has 19 heavy (non-hydrogen) atoms. The number of benzene rings is 2. The fourth-order valence-corrected chi connectivity index (χ4v) is 2.61. The lowest BCUT2D eigenvalue weighted by molar-refractivity contribution is 0.111. The Kier molecular flexibility index (Phi) is 3.25. The van der Waals surface area contributed by atoms with E-state index >= 15 is 0 Å². The van der Waals surface area contributed by atoms with E-state index in [9.17, 15) is 4.79 Å². The van der Waals surface area contributed by atoms with Crippen LogP contribution in [0.25, 0.3) is 11.0 Å². The number of aromatic nitrogens is 2. The summed E-state index contributed by atoms with van der Waals surface area (Å²) in [5.41, 5.74) is 1.92. The number of rotatable bonds is 3. The molecule has 0 unspecified atom stereocenters.